The van der Waals surface area contributed by atoms with Crippen molar-refractivity contribution in [1.82, 2.24) is 10.3 Å². The first kappa shape index (κ1) is 14.3. The smallest absolute Gasteiger partial charge is 0.309 e. The average molecular weight is 307 g/mol. The van der Waals surface area contributed by atoms with Crippen LogP contribution in [0.25, 0.3) is 0 Å². The van der Waals surface area contributed by atoms with Gasteiger partial charge in [0.2, 0.25) is 0 Å². The first-order chi connectivity index (χ1) is 8.93. The Kier molecular flexibility index (Phi) is 4.13. The van der Waals surface area contributed by atoms with Crippen molar-refractivity contribution in [3.05, 3.63) is 50.9 Å². The second kappa shape index (κ2) is 5.48. The lowest BCUT2D eigenvalue weighted by Gasteiger charge is -2.19. The molecule has 1 N–H and O–H groups in total. The largest absolute Gasteiger partial charge is 0.416 e. The maximum atomic E-state index is 13.0. The Hall–Kier alpha value is -1.11. The molecule has 1 atom stereocenters. The number of thiophene rings is 1. The molecule has 1 unspecified atom stereocenters. The van der Waals surface area contributed by atoms with Crippen molar-refractivity contribution in [3.8, 4) is 0 Å². The van der Waals surface area contributed by atoms with E-state index in [1.165, 1.54) is 17.5 Å². The molecule has 2 nitrogen and oxygen atoms in total. The minimum atomic E-state index is -4.41. The topological polar surface area (TPSA) is 24.9 Å². The van der Waals surface area contributed by atoms with Gasteiger partial charge in [-0.2, -0.15) is 13.2 Å². The first-order valence-electron chi connectivity index (χ1n) is 5.37. The first-order valence-corrected chi connectivity index (χ1v) is 6.56. The molecular formula is C12H10ClF3N2S. The quantitative estimate of drug-likeness (QED) is 0.922. The number of hydrogen-bond donors (Lipinski definition) is 1. The van der Waals surface area contributed by atoms with Gasteiger partial charge in [-0.15, -0.1) is 11.3 Å². The molecule has 0 fully saturated rings. The molecule has 0 aliphatic heterocycles. The summed E-state index contributed by atoms with van der Waals surface area (Å²) in [6.07, 6.45) is -2.04. The highest BCUT2D eigenvalue weighted by Gasteiger charge is 2.35. The average Bonchev–Trinajstić information content (AvgIpc) is 2.76. The third-order valence-corrected chi connectivity index (χ3v) is 3.93. The minimum absolute atomic E-state index is 0.0935. The van der Waals surface area contributed by atoms with Crippen molar-refractivity contribution in [3.63, 3.8) is 0 Å². The number of nitrogens with zero attached hydrogens (tertiary/aromatic N) is 1. The van der Waals surface area contributed by atoms with Gasteiger partial charge in [-0.1, -0.05) is 11.6 Å². The predicted octanol–water partition coefficient (Wildman–Crippen LogP) is 4.12. The summed E-state index contributed by atoms with van der Waals surface area (Å²) in [5.41, 5.74) is -0.595. The van der Waals surface area contributed by atoms with E-state index in [0.717, 1.165) is 12.3 Å². The van der Waals surface area contributed by atoms with E-state index in [4.69, 9.17) is 11.6 Å². The molecule has 0 spiro atoms. The molecule has 0 amide bonds. The molecule has 2 aromatic rings. The summed E-state index contributed by atoms with van der Waals surface area (Å²) >= 11 is 7.07. The predicted molar refractivity (Wildman–Crippen MR) is 69.5 cm³/mol. The molecule has 0 saturated heterocycles. The zero-order valence-corrected chi connectivity index (χ0v) is 11.4. The number of nitrogens with one attached hydrogen (secondary N) is 1. The maximum absolute atomic E-state index is 13.0. The number of rotatable bonds is 3. The van der Waals surface area contributed by atoms with Crippen molar-refractivity contribution >= 4 is 22.9 Å². The van der Waals surface area contributed by atoms with Gasteiger partial charge in [0.25, 0.3) is 0 Å². The number of halogens is 4. The fourth-order valence-electron chi connectivity index (χ4n) is 1.83. The molecule has 19 heavy (non-hydrogen) atoms. The summed E-state index contributed by atoms with van der Waals surface area (Å²) in [4.78, 5) is 4.51. The van der Waals surface area contributed by atoms with Crippen LogP contribution in [0.15, 0.2) is 30.6 Å². The third-order valence-electron chi connectivity index (χ3n) is 2.64. The van der Waals surface area contributed by atoms with Gasteiger partial charge in [-0.25, -0.2) is 0 Å². The molecule has 0 saturated carbocycles. The van der Waals surface area contributed by atoms with Crippen LogP contribution in [0.4, 0.5) is 13.2 Å². The van der Waals surface area contributed by atoms with Gasteiger partial charge in [0.05, 0.1) is 15.9 Å². The third kappa shape index (κ3) is 3.08. The summed E-state index contributed by atoms with van der Waals surface area (Å²) in [5, 5.41) is 2.87. The monoisotopic (exact) mass is 306 g/mol. The van der Waals surface area contributed by atoms with Crippen LogP contribution >= 0.6 is 22.9 Å². The second-order valence-electron chi connectivity index (χ2n) is 3.82. The summed E-state index contributed by atoms with van der Waals surface area (Å²) in [6, 6.07) is 3.77. The van der Waals surface area contributed by atoms with Crippen molar-refractivity contribution in [2.24, 2.45) is 0 Å². The van der Waals surface area contributed by atoms with Crippen LogP contribution in [0.5, 0.6) is 0 Å². The summed E-state index contributed by atoms with van der Waals surface area (Å²) in [6.45, 7) is 0. The van der Waals surface area contributed by atoms with Crippen LogP contribution in [0.2, 0.25) is 4.34 Å². The molecule has 2 aromatic heterocycles. The van der Waals surface area contributed by atoms with Crippen LogP contribution in [0.1, 0.15) is 22.0 Å². The van der Waals surface area contributed by atoms with Gasteiger partial charge < -0.3 is 5.32 Å². The van der Waals surface area contributed by atoms with Crippen LogP contribution in [-0.4, -0.2) is 12.0 Å². The van der Waals surface area contributed by atoms with Crippen LogP contribution < -0.4 is 5.32 Å². The van der Waals surface area contributed by atoms with Gasteiger partial charge in [0.1, 0.15) is 0 Å². The molecule has 0 aliphatic carbocycles. The van der Waals surface area contributed by atoms with E-state index in [2.05, 4.69) is 10.3 Å². The van der Waals surface area contributed by atoms with Gasteiger partial charge in [-0.3, -0.25) is 4.98 Å². The summed E-state index contributed by atoms with van der Waals surface area (Å²) < 4.78 is 39.5. The highest BCUT2D eigenvalue weighted by molar-refractivity contribution is 7.16. The molecule has 102 valence electrons. The molecular weight excluding hydrogens is 297 g/mol. The number of aromatic nitrogens is 1. The minimum Gasteiger partial charge on any atom is -0.309 e. The Balaban J connectivity index is 2.50. The van der Waals surface area contributed by atoms with E-state index in [9.17, 15) is 13.2 Å². The summed E-state index contributed by atoms with van der Waals surface area (Å²) in [7, 11) is 1.60. The van der Waals surface area contributed by atoms with Crippen LogP contribution in [0.3, 0.4) is 0 Å². The Labute approximate surface area is 117 Å². The zero-order valence-electron chi connectivity index (χ0n) is 9.83. The van der Waals surface area contributed by atoms with E-state index in [-0.39, 0.29) is 5.56 Å². The van der Waals surface area contributed by atoms with Crippen molar-refractivity contribution < 1.29 is 13.2 Å². The van der Waals surface area contributed by atoms with Gasteiger partial charge in [-0.05, 0) is 25.2 Å². The molecule has 0 aromatic carbocycles. The summed E-state index contributed by atoms with van der Waals surface area (Å²) in [5.74, 6) is 0. The van der Waals surface area contributed by atoms with E-state index >= 15 is 0 Å². The number of alkyl halides is 3. The Morgan fingerprint density at radius 2 is 2.05 bits per heavy atom. The lowest BCUT2D eigenvalue weighted by molar-refractivity contribution is -0.138. The molecule has 2 heterocycles. The van der Waals surface area contributed by atoms with Gasteiger partial charge in [0.15, 0.2) is 0 Å². The molecule has 0 aliphatic rings. The van der Waals surface area contributed by atoms with Crippen molar-refractivity contribution in [2.75, 3.05) is 7.05 Å². The molecule has 2 rings (SSSR count). The van der Waals surface area contributed by atoms with E-state index in [0.29, 0.717) is 9.21 Å². The normalized spacial score (nSPS) is 13.5. The molecule has 0 bridgehead atoms. The lowest BCUT2D eigenvalue weighted by atomic mass is 10.0. The van der Waals surface area contributed by atoms with Gasteiger partial charge in [0, 0.05) is 22.8 Å². The molecule has 0 radical (unpaired) electrons. The maximum Gasteiger partial charge on any atom is 0.416 e. The zero-order chi connectivity index (χ0) is 14.0. The molecule has 7 heteroatoms. The van der Waals surface area contributed by atoms with Crippen LogP contribution in [0, 0.1) is 0 Å². The van der Waals surface area contributed by atoms with Crippen molar-refractivity contribution in [1.29, 1.82) is 0 Å². The fraction of sp³-hybridized carbons (Fsp3) is 0.250. The number of hydrogen-bond acceptors (Lipinski definition) is 3. The Morgan fingerprint density at radius 3 is 2.58 bits per heavy atom. The lowest BCUT2D eigenvalue weighted by Crippen LogP contribution is -2.21. The fourth-order valence-corrected chi connectivity index (χ4v) is 3.02. The van der Waals surface area contributed by atoms with E-state index < -0.39 is 17.8 Å². The number of pyridine rings is 1. The van der Waals surface area contributed by atoms with Crippen molar-refractivity contribution in [2.45, 2.75) is 12.2 Å². The van der Waals surface area contributed by atoms with E-state index in [1.54, 1.807) is 19.2 Å². The van der Waals surface area contributed by atoms with Crippen LogP contribution in [-0.2, 0) is 6.18 Å². The van der Waals surface area contributed by atoms with E-state index in [1.807, 2.05) is 0 Å². The van der Waals surface area contributed by atoms with Gasteiger partial charge >= 0.3 is 6.18 Å². The highest BCUT2D eigenvalue weighted by atomic mass is 35.5. The SMILES string of the molecule is CNC(c1ccc(Cl)s1)c1cnccc1C(F)(F)F. The Morgan fingerprint density at radius 1 is 1.32 bits per heavy atom. The standard InChI is InChI=1S/C12H10ClF3N2S/c1-17-11(9-2-3-10(13)19-9)7-6-18-5-4-8(7)12(14,15)16/h2-6,11,17H,1H3. The second-order valence-corrected chi connectivity index (χ2v) is 5.57. The Bertz CT molecular complexity index is 568. The highest BCUT2D eigenvalue weighted by Crippen LogP contribution is 2.38.